The van der Waals surface area contributed by atoms with Gasteiger partial charge in [0.05, 0.1) is 6.04 Å². The molecule has 0 radical (unpaired) electrons. The van der Waals surface area contributed by atoms with Crippen molar-refractivity contribution in [3.63, 3.8) is 0 Å². The van der Waals surface area contributed by atoms with Crippen molar-refractivity contribution in [1.29, 1.82) is 0 Å². The van der Waals surface area contributed by atoms with E-state index in [9.17, 15) is 9.59 Å². The molecule has 0 aliphatic rings. The molecule has 6 nitrogen and oxygen atoms in total. The zero-order valence-electron chi connectivity index (χ0n) is 14.6. The van der Waals surface area contributed by atoms with E-state index in [2.05, 4.69) is 15.7 Å². The summed E-state index contributed by atoms with van der Waals surface area (Å²) in [7, 11) is 1.68. The Labute approximate surface area is 151 Å². The molecule has 0 aliphatic carbocycles. The van der Waals surface area contributed by atoms with Gasteiger partial charge in [-0.2, -0.15) is 5.10 Å². The molecule has 3 aromatic rings. The zero-order valence-corrected chi connectivity index (χ0v) is 14.6. The van der Waals surface area contributed by atoms with E-state index in [4.69, 9.17) is 0 Å². The number of amides is 2. The topological polar surface area (TPSA) is 76.0 Å². The van der Waals surface area contributed by atoms with Gasteiger partial charge in [-0.25, -0.2) is 0 Å². The van der Waals surface area contributed by atoms with Gasteiger partial charge in [0, 0.05) is 18.7 Å². The second-order valence-electron chi connectivity index (χ2n) is 5.96. The van der Waals surface area contributed by atoms with Gasteiger partial charge in [0.1, 0.15) is 5.82 Å². The maximum absolute atomic E-state index is 12.5. The van der Waals surface area contributed by atoms with Crippen LogP contribution in [0.5, 0.6) is 0 Å². The highest BCUT2D eigenvalue weighted by Gasteiger charge is 2.17. The summed E-state index contributed by atoms with van der Waals surface area (Å²) in [5.41, 5.74) is 1.80. The molecule has 1 heterocycles. The molecule has 0 fully saturated rings. The van der Waals surface area contributed by atoms with Gasteiger partial charge in [0.2, 0.25) is 0 Å². The number of carbonyl (C=O) groups is 2. The summed E-state index contributed by atoms with van der Waals surface area (Å²) < 4.78 is 1.48. The molecule has 3 rings (SSSR count). The summed E-state index contributed by atoms with van der Waals surface area (Å²) in [5.74, 6) is -0.0910. The Morgan fingerprint density at radius 2 is 1.58 bits per heavy atom. The third kappa shape index (κ3) is 3.97. The lowest BCUT2D eigenvalue weighted by atomic mass is 10.1. The van der Waals surface area contributed by atoms with Crippen LogP contribution in [0.15, 0.2) is 66.7 Å². The number of aryl methyl sites for hydroxylation is 1. The van der Waals surface area contributed by atoms with Crippen molar-refractivity contribution >= 4 is 17.6 Å². The molecular formula is C20H20N4O2. The summed E-state index contributed by atoms with van der Waals surface area (Å²) in [6.07, 6.45) is 0. The molecule has 2 aromatic carbocycles. The van der Waals surface area contributed by atoms with E-state index in [1.165, 1.54) is 4.68 Å². The van der Waals surface area contributed by atoms with Crippen LogP contribution < -0.4 is 10.6 Å². The number of hydrogen-bond donors (Lipinski definition) is 2. The summed E-state index contributed by atoms with van der Waals surface area (Å²) in [6.45, 7) is 1.91. The van der Waals surface area contributed by atoms with Gasteiger partial charge in [-0.1, -0.05) is 48.5 Å². The van der Waals surface area contributed by atoms with E-state index < -0.39 is 0 Å². The fourth-order valence-corrected chi connectivity index (χ4v) is 2.57. The number of carbonyl (C=O) groups excluding carboxylic acids is 2. The maximum Gasteiger partial charge on any atom is 0.272 e. The van der Waals surface area contributed by atoms with Gasteiger partial charge in [-0.15, -0.1) is 0 Å². The fraction of sp³-hybridized carbons (Fsp3) is 0.150. The zero-order chi connectivity index (χ0) is 18.5. The van der Waals surface area contributed by atoms with Crippen LogP contribution in [-0.4, -0.2) is 21.6 Å². The van der Waals surface area contributed by atoms with Crippen LogP contribution >= 0.6 is 0 Å². The molecule has 6 heteroatoms. The molecule has 132 valence electrons. The molecule has 26 heavy (non-hydrogen) atoms. The summed E-state index contributed by atoms with van der Waals surface area (Å²) in [5, 5.41) is 9.87. The van der Waals surface area contributed by atoms with Crippen LogP contribution in [0.4, 0.5) is 5.82 Å². The van der Waals surface area contributed by atoms with Gasteiger partial charge < -0.3 is 10.6 Å². The van der Waals surface area contributed by atoms with Crippen LogP contribution in [0.1, 0.15) is 39.4 Å². The second-order valence-corrected chi connectivity index (χ2v) is 5.96. The lowest BCUT2D eigenvalue weighted by Gasteiger charge is -2.12. The van der Waals surface area contributed by atoms with Crippen molar-refractivity contribution in [1.82, 2.24) is 15.1 Å². The van der Waals surface area contributed by atoms with Crippen molar-refractivity contribution in [2.45, 2.75) is 13.0 Å². The average molecular weight is 348 g/mol. The standard InChI is InChI=1S/C20H20N4O2/c1-14(15-9-5-3-6-10-15)21-20(26)17-13-18(24(2)23-17)22-19(25)16-11-7-4-8-12-16/h3-14H,1-2H3,(H,21,26)(H,22,25). The van der Waals surface area contributed by atoms with Crippen LogP contribution in [0, 0.1) is 0 Å². The minimum Gasteiger partial charge on any atom is -0.344 e. The number of benzene rings is 2. The number of aromatic nitrogens is 2. The SMILES string of the molecule is CC(NC(=O)c1cc(NC(=O)c2ccccc2)n(C)n1)c1ccccc1. The first-order valence-electron chi connectivity index (χ1n) is 8.31. The lowest BCUT2D eigenvalue weighted by molar-refractivity contribution is 0.0933. The molecule has 0 bridgehead atoms. The average Bonchev–Trinajstić information content (AvgIpc) is 3.03. The molecule has 1 unspecified atom stereocenters. The summed E-state index contributed by atoms with van der Waals surface area (Å²) >= 11 is 0. The number of nitrogens with one attached hydrogen (secondary N) is 2. The molecule has 0 spiro atoms. The molecule has 1 aromatic heterocycles. The van der Waals surface area contributed by atoms with Crippen LogP contribution in [0.2, 0.25) is 0 Å². The molecule has 1 atom stereocenters. The third-order valence-electron chi connectivity index (χ3n) is 4.04. The Kier molecular flexibility index (Phi) is 5.12. The van der Waals surface area contributed by atoms with E-state index in [1.807, 2.05) is 43.3 Å². The third-order valence-corrected chi connectivity index (χ3v) is 4.04. The quantitative estimate of drug-likeness (QED) is 0.744. The minimum absolute atomic E-state index is 0.145. The second kappa shape index (κ2) is 7.65. The largest absolute Gasteiger partial charge is 0.344 e. The van der Waals surface area contributed by atoms with Crippen molar-refractivity contribution in [3.05, 3.63) is 83.6 Å². The highest BCUT2D eigenvalue weighted by atomic mass is 16.2. The number of rotatable bonds is 5. The van der Waals surface area contributed by atoms with Crippen molar-refractivity contribution < 1.29 is 9.59 Å². The van der Waals surface area contributed by atoms with Gasteiger partial charge in [0.25, 0.3) is 11.8 Å². The molecule has 2 amide bonds. The maximum atomic E-state index is 12.5. The van der Waals surface area contributed by atoms with Crippen LogP contribution in [0.3, 0.4) is 0 Å². The molecule has 0 aliphatic heterocycles. The highest BCUT2D eigenvalue weighted by Crippen LogP contribution is 2.15. The van der Waals surface area contributed by atoms with Gasteiger partial charge in [-0.05, 0) is 24.6 Å². The summed E-state index contributed by atoms with van der Waals surface area (Å²) in [6, 6.07) is 20.0. The Bertz CT molecular complexity index is 904. The van der Waals surface area contributed by atoms with E-state index in [0.717, 1.165) is 5.56 Å². The molecule has 0 saturated heterocycles. The Balaban J connectivity index is 1.69. The smallest absolute Gasteiger partial charge is 0.272 e. The lowest BCUT2D eigenvalue weighted by Crippen LogP contribution is -2.27. The fourth-order valence-electron chi connectivity index (χ4n) is 2.57. The molecule has 2 N–H and O–H groups in total. The minimum atomic E-state index is -0.294. The van der Waals surface area contributed by atoms with E-state index in [0.29, 0.717) is 11.4 Å². The van der Waals surface area contributed by atoms with Crippen molar-refractivity contribution in [3.8, 4) is 0 Å². The normalized spacial score (nSPS) is 11.6. The Morgan fingerprint density at radius 1 is 0.962 bits per heavy atom. The summed E-state index contributed by atoms with van der Waals surface area (Å²) in [4.78, 5) is 24.7. The highest BCUT2D eigenvalue weighted by molar-refractivity contribution is 6.04. The van der Waals surface area contributed by atoms with Crippen molar-refractivity contribution in [2.75, 3.05) is 5.32 Å². The molecular weight excluding hydrogens is 328 g/mol. The van der Waals surface area contributed by atoms with E-state index in [1.54, 1.807) is 37.4 Å². The van der Waals surface area contributed by atoms with Gasteiger partial charge in [-0.3, -0.25) is 14.3 Å². The van der Waals surface area contributed by atoms with E-state index in [-0.39, 0.29) is 23.6 Å². The Morgan fingerprint density at radius 3 is 2.23 bits per heavy atom. The number of nitrogens with zero attached hydrogens (tertiary/aromatic N) is 2. The Hall–Kier alpha value is -3.41. The number of hydrogen-bond acceptors (Lipinski definition) is 3. The predicted molar refractivity (Wildman–Crippen MR) is 99.9 cm³/mol. The van der Waals surface area contributed by atoms with Gasteiger partial charge in [0.15, 0.2) is 5.69 Å². The van der Waals surface area contributed by atoms with Gasteiger partial charge >= 0.3 is 0 Å². The first-order valence-corrected chi connectivity index (χ1v) is 8.31. The predicted octanol–water partition coefficient (Wildman–Crippen LogP) is 3.16. The first kappa shape index (κ1) is 17.4. The monoisotopic (exact) mass is 348 g/mol. The van der Waals surface area contributed by atoms with Crippen molar-refractivity contribution in [2.24, 2.45) is 7.05 Å². The molecule has 0 saturated carbocycles. The first-order chi connectivity index (χ1) is 12.5. The van der Waals surface area contributed by atoms with Crippen LogP contribution in [-0.2, 0) is 7.05 Å². The van der Waals surface area contributed by atoms with Crippen LogP contribution in [0.25, 0.3) is 0 Å². The number of anilines is 1. The van der Waals surface area contributed by atoms with E-state index >= 15 is 0 Å².